The zero-order chi connectivity index (χ0) is 21.3. The highest BCUT2D eigenvalue weighted by Crippen LogP contribution is 2.45. The first-order valence-electron chi connectivity index (χ1n) is 7.50. The molecule has 2 heterocycles. The van der Waals surface area contributed by atoms with Crippen LogP contribution in [0.2, 0.25) is 5.02 Å². The van der Waals surface area contributed by atoms with Gasteiger partial charge in [0.15, 0.2) is 5.82 Å². The van der Waals surface area contributed by atoms with Crippen molar-refractivity contribution in [2.24, 2.45) is 0 Å². The monoisotopic (exact) mass is 425 g/mol. The topological polar surface area (TPSA) is 80.1 Å². The van der Waals surface area contributed by atoms with Gasteiger partial charge in [0.1, 0.15) is 5.69 Å². The SMILES string of the molecule is CN(C)C(=O)CNC(=O)c1cnn(-c2ncccc2Cl)c1C(F)(F)C(F)(F)F. The van der Waals surface area contributed by atoms with Gasteiger partial charge in [0.25, 0.3) is 5.91 Å². The van der Waals surface area contributed by atoms with Gasteiger partial charge in [-0.3, -0.25) is 9.59 Å². The number of carbonyl (C=O) groups is 2. The van der Waals surface area contributed by atoms with Crippen LogP contribution in [0.4, 0.5) is 22.0 Å². The van der Waals surface area contributed by atoms with E-state index in [0.717, 1.165) is 11.1 Å². The molecule has 28 heavy (non-hydrogen) atoms. The molecule has 0 bridgehead atoms. The average Bonchev–Trinajstić information content (AvgIpc) is 3.04. The molecule has 0 aromatic carbocycles. The van der Waals surface area contributed by atoms with Crippen LogP contribution in [0, 0.1) is 0 Å². The Kier molecular flexibility index (Phi) is 5.92. The summed E-state index contributed by atoms with van der Waals surface area (Å²) >= 11 is 5.82. The summed E-state index contributed by atoms with van der Waals surface area (Å²) < 4.78 is 67.6. The predicted octanol–water partition coefficient (Wildman–Crippen LogP) is 2.39. The van der Waals surface area contributed by atoms with Gasteiger partial charge in [0, 0.05) is 20.3 Å². The molecule has 0 aliphatic rings. The van der Waals surface area contributed by atoms with Crippen molar-refractivity contribution in [1.82, 2.24) is 25.0 Å². The number of amides is 2. The Balaban J connectivity index is 2.57. The second-order valence-corrected chi connectivity index (χ2v) is 6.08. The third-order valence-corrected chi connectivity index (χ3v) is 3.80. The first-order chi connectivity index (χ1) is 12.9. The molecule has 0 atom stereocenters. The number of carbonyl (C=O) groups excluding carboxylic acids is 2. The molecular formula is C15H13ClF5N5O2. The molecule has 0 fully saturated rings. The van der Waals surface area contributed by atoms with Crippen molar-refractivity contribution in [2.75, 3.05) is 20.6 Å². The van der Waals surface area contributed by atoms with Crippen molar-refractivity contribution >= 4 is 23.4 Å². The Labute approximate surface area is 160 Å². The number of pyridine rings is 1. The summed E-state index contributed by atoms with van der Waals surface area (Å²) in [5.41, 5.74) is -2.84. The van der Waals surface area contributed by atoms with E-state index in [1.54, 1.807) is 0 Å². The van der Waals surface area contributed by atoms with Crippen molar-refractivity contribution in [3.05, 3.63) is 40.8 Å². The molecule has 0 saturated heterocycles. The van der Waals surface area contributed by atoms with Crippen LogP contribution in [0.25, 0.3) is 5.82 Å². The van der Waals surface area contributed by atoms with Crippen molar-refractivity contribution in [1.29, 1.82) is 0 Å². The minimum absolute atomic E-state index is 0.151. The van der Waals surface area contributed by atoms with Crippen LogP contribution in [-0.2, 0) is 10.7 Å². The van der Waals surface area contributed by atoms with E-state index in [9.17, 15) is 31.5 Å². The van der Waals surface area contributed by atoms with Crippen molar-refractivity contribution < 1.29 is 31.5 Å². The summed E-state index contributed by atoms with van der Waals surface area (Å²) in [5, 5.41) is 5.17. The Hall–Kier alpha value is -2.76. The summed E-state index contributed by atoms with van der Waals surface area (Å²) in [6, 6.07) is 2.54. The van der Waals surface area contributed by atoms with Crippen LogP contribution >= 0.6 is 11.6 Å². The summed E-state index contributed by atoms with van der Waals surface area (Å²) in [6.45, 7) is -0.613. The summed E-state index contributed by atoms with van der Waals surface area (Å²) in [4.78, 5) is 28.5. The van der Waals surface area contributed by atoms with Gasteiger partial charge in [-0.1, -0.05) is 11.6 Å². The molecule has 0 spiro atoms. The number of hydrogen-bond acceptors (Lipinski definition) is 4. The standard InChI is InChI=1S/C15H13ClF5N5O2/c1-25(2)10(27)7-23-13(28)8-6-24-26(12-9(16)4-3-5-22-12)11(8)14(17,18)15(19,20)21/h3-6H,7H2,1-2H3,(H,23,28). The lowest BCUT2D eigenvalue weighted by atomic mass is 10.1. The number of hydrogen-bond donors (Lipinski definition) is 1. The minimum Gasteiger partial charge on any atom is -0.347 e. The summed E-state index contributed by atoms with van der Waals surface area (Å²) in [7, 11) is 2.75. The maximum absolute atomic E-state index is 14.2. The highest BCUT2D eigenvalue weighted by Gasteiger charge is 2.62. The Bertz CT molecular complexity index is 897. The fourth-order valence-electron chi connectivity index (χ4n) is 2.05. The molecule has 0 aliphatic carbocycles. The van der Waals surface area contributed by atoms with Crippen molar-refractivity contribution in [2.45, 2.75) is 12.1 Å². The molecule has 0 aliphatic heterocycles. The Morgan fingerprint density at radius 1 is 1.25 bits per heavy atom. The number of halogens is 6. The zero-order valence-corrected chi connectivity index (χ0v) is 15.1. The van der Waals surface area contributed by atoms with E-state index in [1.807, 2.05) is 5.32 Å². The highest BCUT2D eigenvalue weighted by atomic mass is 35.5. The second-order valence-electron chi connectivity index (χ2n) is 5.67. The summed E-state index contributed by atoms with van der Waals surface area (Å²) in [6.07, 6.45) is -4.40. The molecule has 0 saturated carbocycles. The molecule has 2 aromatic heterocycles. The lowest BCUT2D eigenvalue weighted by Gasteiger charge is -2.22. The number of alkyl halides is 5. The average molecular weight is 426 g/mol. The fraction of sp³-hybridized carbons (Fsp3) is 0.333. The van der Waals surface area contributed by atoms with Crippen LogP contribution in [0.3, 0.4) is 0 Å². The Morgan fingerprint density at radius 2 is 1.89 bits per heavy atom. The van der Waals surface area contributed by atoms with E-state index in [-0.39, 0.29) is 9.70 Å². The van der Waals surface area contributed by atoms with Crippen molar-refractivity contribution in [3.8, 4) is 5.82 Å². The lowest BCUT2D eigenvalue weighted by molar-refractivity contribution is -0.291. The van der Waals surface area contributed by atoms with Gasteiger partial charge >= 0.3 is 12.1 Å². The summed E-state index contributed by atoms with van der Waals surface area (Å²) in [5.74, 6) is -7.92. The number of nitrogens with one attached hydrogen (secondary N) is 1. The fourth-order valence-corrected chi connectivity index (χ4v) is 2.26. The smallest absolute Gasteiger partial charge is 0.347 e. The van der Waals surface area contributed by atoms with E-state index < -0.39 is 47.5 Å². The first kappa shape index (κ1) is 21.5. The van der Waals surface area contributed by atoms with Crippen LogP contribution in [0.15, 0.2) is 24.5 Å². The highest BCUT2D eigenvalue weighted by molar-refractivity contribution is 6.32. The van der Waals surface area contributed by atoms with Crippen molar-refractivity contribution in [3.63, 3.8) is 0 Å². The van der Waals surface area contributed by atoms with E-state index in [2.05, 4.69) is 10.1 Å². The maximum atomic E-state index is 14.2. The third-order valence-electron chi connectivity index (χ3n) is 3.51. The molecule has 2 amide bonds. The molecular weight excluding hydrogens is 413 g/mol. The maximum Gasteiger partial charge on any atom is 0.459 e. The van der Waals surface area contributed by atoms with Gasteiger partial charge in [-0.25, -0.2) is 9.67 Å². The zero-order valence-electron chi connectivity index (χ0n) is 14.4. The van der Waals surface area contributed by atoms with Gasteiger partial charge < -0.3 is 10.2 Å². The van der Waals surface area contributed by atoms with Crippen LogP contribution in [-0.4, -0.2) is 58.3 Å². The largest absolute Gasteiger partial charge is 0.459 e. The normalized spacial score (nSPS) is 12.0. The van der Waals surface area contributed by atoms with Gasteiger partial charge in [-0.05, 0) is 12.1 Å². The number of nitrogens with zero attached hydrogens (tertiary/aromatic N) is 4. The number of likely N-dealkylation sites (N-methyl/N-ethyl adjacent to an activating group) is 1. The second kappa shape index (κ2) is 7.70. The van der Waals surface area contributed by atoms with E-state index >= 15 is 0 Å². The van der Waals surface area contributed by atoms with Crippen LogP contribution in [0.5, 0.6) is 0 Å². The Morgan fingerprint density at radius 3 is 2.43 bits per heavy atom. The van der Waals surface area contributed by atoms with Gasteiger partial charge in [-0.2, -0.15) is 27.1 Å². The molecule has 0 radical (unpaired) electrons. The molecule has 152 valence electrons. The number of aromatic nitrogens is 3. The number of rotatable bonds is 5. The predicted molar refractivity (Wildman–Crippen MR) is 87.3 cm³/mol. The van der Waals surface area contributed by atoms with Gasteiger partial charge in [0.2, 0.25) is 5.91 Å². The minimum atomic E-state index is -6.03. The lowest BCUT2D eigenvalue weighted by Crippen LogP contribution is -2.40. The van der Waals surface area contributed by atoms with E-state index in [4.69, 9.17) is 11.6 Å². The van der Waals surface area contributed by atoms with Crippen LogP contribution < -0.4 is 5.32 Å². The molecule has 0 unspecified atom stereocenters. The first-order valence-corrected chi connectivity index (χ1v) is 7.88. The molecule has 2 aromatic rings. The molecule has 13 heteroatoms. The molecule has 2 rings (SSSR count). The third kappa shape index (κ3) is 4.06. The van der Waals surface area contributed by atoms with Crippen LogP contribution in [0.1, 0.15) is 16.1 Å². The quantitative estimate of drug-likeness (QED) is 0.746. The van der Waals surface area contributed by atoms with Gasteiger partial charge in [-0.15, -0.1) is 0 Å². The van der Waals surface area contributed by atoms with E-state index in [0.29, 0.717) is 6.20 Å². The molecule has 7 nitrogen and oxygen atoms in total. The van der Waals surface area contributed by atoms with Gasteiger partial charge in [0.05, 0.1) is 23.3 Å². The van der Waals surface area contributed by atoms with E-state index in [1.165, 1.54) is 26.2 Å². The molecule has 1 N–H and O–H groups in total.